The molecule has 2 nitrogen and oxygen atoms in total. The average molecular weight is 230 g/mol. The maximum absolute atomic E-state index is 9.15. The van der Waals surface area contributed by atoms with Crippen LogP contribution in [0, 0.1) is 28.6 Å². The second-order valence-electron chi connectivity index (χ2n) is 4.37. The highest BCUT2D eigenvalue weighted by molar-refractivity contribution is 5.85. The predicted octanol–water partition coefficient (Wildman–Crippen LogP) is 3.33. The molecule has 0 saturated carbocycles. The summed E-state index contributed by atoms with van der Waals surface area (Å²) in [5.41, 5.74) is 4.20. The van der Waals surface area contributed by atoms with Crippen molar-refractivity contribution in [2.75, 3.05) is 0 Å². The van der Waals surface area contributed by atoms with Crippen molar-refractivity contribution in [3.8, 4) is 12.1 Å². The molecule has 1 aromatic rings. The minimum absolute atomic E-state index is 0.199. The molecule has 0 amide bonds. The molecule has 1 atom stereocenters. The third-order valence-corrected chi connectivity index (χ3v) is 3.47. The van der Waals surface area contributed by atoms with Gasteiger partial charge in [-0.1, -0.05) is 48.6 Å². The van der Waals surface area contributed by atoms with Crippen LogP contribution in [0.5, 0.6) is 0 Å². The highest BCUT2D eigenvalue weighted by Crippen LogP contribution is 2.47. The van der Waals surface area contributed by atoms with Crippen LogP contribution < -0.4 is 0 Å². The quantitative estimate of drug-likeness (QED) is 0.742. The molecule has 0 spiro atoms. The Bertz CT molecular complexity index is 664. The first-order chi connectivity index (χ1) is 8.86. The molecule has 0 aromatic heterocycles. The molecule has 0 aliphatic heterocycles. The number of nitrogens with zero attached hydrogens (tertiary/aromatic N) is 2. The first-order valence-electron chi connectivity index (χ1n) is 5.84. The van der Waals surface area contributed by atoms with Gasteiger partial charge in [-0.25, -0.2) is 0 Å². The Morgan fingerprint density at radius 3 is 2.61 bits per heavy atom. The summed E-state index contributed by atoms with van der Waals surface area (Å²) >= 11 is 0. The van der Waals surface area contributed by atoms with Gasteiger partial charge in [0.15, 0.2) is 5.92 Å². The SMILES string of the molecule is N#CC(C#N)C1=C2C=CC=CC2c2ccccc21. The van der Waals surface area contributed by atoms with Crippen LogP contribution in [0.15, 0.2) is 54.1 Å². The maximum atomic E-state index is 9.15. The average Bonchev–Trinajstić information content (AvgIpc) is 2.76. The second-order valence-corrected chi connectivity index (χ2v) is 4.37. The van der Waals surface area contributed by atoms with Gasteiger partial charge in [-0.05, 0) is 22.3 Å². The van der Waals surface area contributed by atoms with Crippen molar-refractivity contribution in [2.45, 2.75) is 5.92 Å². The molecule has 0 bridgehead atoms. The van der Waals surface area contributed by atoms with Gasteiger partial charge >= 0.3 is 0 Å². The van der Waals surface area contributed by atoms with E-state index in [9.17, 15) is 0 Å². The molecule has 0 heterocycles. The molecule has 84 valence electrons. The largest absolute Gasteiger partial charge is 0.196 e. The minimum Gasteiger partial charge on any atom is -0.196 e. The van der Waals surface area contributed by atoms with Crippen LogP contribution >= 0.6 is 0 Å². The molecule has 3 rings (SSSR count). The van der Waals surface area contributed by atoms with Gasteiger partial charge in [0.1, 0.15) is 0 Å². The zero-order chi connectivity index (χ0) is 12.5. The number of allylic oxidation sites excluding steroid dienone is 6. The number of hydrogen-bond donors (Lipinski definition) is 0. The second kappa shape index (κ2) is 4.02. The Morgan fingerprint density at radius 1 is 1.06 bits per heavy atom. The standard InChI is InChI=1S/C16H10N2/c17-9-11(10-18)16-14-7-3-1-5-12(14)13-6-2-4-8-15(13)16/h1-8,11-12H. The van der Waals surface area contributed by atoms with E-state index in [1.54, 1.807) is 0 Å². The third kappa shape index (κ3) is 1.33. The van der Waals surface area contributed by atoms with Crippen molar-refractivity contribution in [3.63, 3.8) is 0 Å². The fourth-order valence-electron chi connectivity index (χ4n) is 2.72. The van der Waals surface area contributed by atoms with E-state index < -0.39 is 5.92 Å². The van der Waals surface area contributed by atoms with E-state index in [1.807, 2.05) is 36.4 Å². The zero-order valence-corrected chi connectivity index (χ0v) is 9.67. The van der Waals surface area contributed by atoms with Crippen LogP contribution in [0.25, 0.3) is 5.57 Å². The highest BCUT2D eigenvalue weighted by atomic mass is 14.4. The van der Waals surface area contributed by atoms with Crippen molar-refractivity contribution >= 4 is 5.57 Å². The van der Waals surface area contributed by atoms with Gasteiger partial charge in [-0.2, -0.15) is 10.5 Å². The van der Waals surface area contributed by atoms with Crippen LogP contribution in [0.1, 0.15) is 17.0 Å². The van der Waals surface area contributed by atoms with Gasteiger partial charge in [0, 0.05) is 5.92 Å². The monoisotopic (exact) mass is 230 g/mol. The summed E-state index contributed by atoms with van der Waals surface area (Å²) in [4.78, 5) is 0. The number of hydrogen-bond acceptors (Lipinski definition) is 2. The van der Waals surface area contributed by atoms with Crippen molar-refractivity contribution in [2.24, 2.45) is 5.92 Å². The molecule has 18 heavy (non-hydrogen) atoms. The summed E-state index contributed by atoms with van der Waals surface area (Å²) in [7, 11) is 0. The van der Waals surface area contributed by atoms with Gasteiger partial charge in [0.2, 0.25) is 0 Å². The van der Waals surface area contributed by atoms with E-state index in [0.717, 1.165) is 16.7 Å². The van der Waals surface area contributed by atoms with E-state index >= 15 is 0 Å². The Kier molecular flexibility index (Phi) is 2.36. The van der Waals surface area contributed by atoms with Crippen molar-refractivity contribution < 1.29 is 0 Å². The molecular formula is C16H10N2. The maximum Gasteiger partial charge on any atom is 0.159 e. The summed E-state index contributed by atoms with van der Waals surface area (Å²) in [6, 6.07) is 12.2. The molecule has 2 aliphatic carbocycles. The molecule has 0 saturated heterocycles. The first-order valence-corrected chi connectivity index (χ1v) is 5.84. The molecule has 0 radical (unpaired) electrons. The normalized spacial score (nSPS) is 19.4. The Labute approximate surface area is 106 Å². The minimum atomic E-state index is -0.692. The molecule has 2 aliphatic rings. The fraction of sp³-hybridized carbons (Fsp3) is 0.125. The summed E-state index contributed by atoms with van der Waals surface area (Å²) in [5.74, 6) is -0.493. The zero-order valence-electron chi connectivity index (χ0n) is 9.67. The smallest absolute Gasteiger partial charge is 0.159 e. The van der Waals surface area contributed by atoms with Gasteiger partial charge in [0.05, 0.1) is 12.1 Å². The molecule has 1 aromatic carbocycles. The van der Waals surface area contributed by atoms with Crippen molar-refractivity contribution in [1.82, 2.24) is 0 Å². The summed E-state index contributed by atoms with van der Waals surface area (Å²) in [6.07, 6.45) is 8.11. The van der Waals surface area contributed by atoms with Crippen LogP contribution in [0.3, 0.4) is 0 Å². The summed E-state index contributed by atoms with van der Waals surface area (Å²) in [6.45, 7) is 0. The van der Waals surface area contributed by atoms with Crippen LogP contribution in [0.2, 0.25) is 0 Å². The lowest BCUT2D eigenvalue weighted by atomic mass is 9.90. The lowest BCUT2D eigenvalue weighted by molar-refractivity contribution is 1.04. The summed E-state index contributed by atoms with van der Waals surface area (Å²) < 4.78 is 0. The predicted molar refractivity (Wildman–Crippen MR) is 69.1 cm³/mol. The van der Waals surface area contributed by atoms with E-state index in [2.05, 4.69) is 24.3 Å². The van der Waals surface area contributed by atoms with Gasteiger partial charge in [0.25, 0.3) is 0 Å². The molecule has 2 heteroatoms. The van der Waals surface area contributed by atoms with Crippen LogP contribution in [0.4, 0.5) is 0 Å². The third-order valence-electron chi connectivity index (χ3n) is 3.47. The van der Waals surface area contributed by atoms with Crippen molar-refractivity contribution in [1.29, 1.82) is 10.5 Å². The molecule has 1 unspecified atom stereocenters. The lowest BCUT2D eigenvalue weighted by Crippen LogP contribution is -1.99. The van der Waals surface area contributed by atoms with Crippen LogP contribution in [-0.2, 0) is 0 Å². The molecule has 0 N–H and O–H groups in total. The van der Waals surface area contributed by atoms with E-state index in [-0.39, 0.29) is 5.92 Å². The van der Waals surface area contributed by atoms with Gasteiger partial charge in [-0.3, -0.25) is 0 Å². The van der Waals surface area contributed by atoms with Gasteiger partial charge in [-0.15, -0.1) is 0 Å². The molecule has 0 fully saturated rings. The Morgan fingerprint density at radius 2 is 1.83 bits per heavy atom. The van der Waals surface area contributed by atoms with Crippen LogP contribution in [-0.4, -0.2) is 0 Å². The molecular weight excluding hydrogens is 220 g/mol. The Balaban J connectivity index is 2.27. The number of fused-ring (bicyclic) bond motifs is 3. The van der Waals surface area contributed by atoms with E-state index in [0.29, 0.717) is 0 Å². The number of rotatable bonds is 1. The van der Waals surface area contributed by atoms with E-state index in [4.69, 9.17) is 10.5 Å². The first kappa shape index (κ1) is 10.6. The van der Waals surface area contributed by atoms with Crippen molar-refractivity contribution in [3.05, 3.63) is 65.3 Å². The Hall–Kier alpha value is -2.58. The van der Waals surface area contributed by atoms with E-state index in [1.165, 1.54) is 5.56 Å². The number of benzene rings is 1. The number of nitriles is 2. The van der Waals surface area contributed by atoms with Gasteiger partial charge < -0.3 is 0 Å². The highest BCUT2D eigenvalue weighted by Gasteiger charge is 2.32. The lowest BCUT2D eigenvalue weighted by Gasteiger charge is -2.12. The fourth-order valence-corrected chi connectivity index (χ4v) is 2.72. The summed E-state index contributed by atoms with van der Waals surface area (Å²) in [5, 5.41) is 18.3. The topological polar surface area (TPSA) is 47.6 Å².